The van der Waals surface area contributed by atoms with Crippen LogP contribution in [-0.4, -0.2) is 28.5 Å². The number of amides is 2. The summed E-state index contributed by atoms with van der Waals surface area (Å²) in [7, 11) is 0. The second kappa shape index (κ2) is 6.14. The zero-order valence-corrected chi connectivity index (χ0v) is 16.7. The number of benzene rings is 2. The van der Waals surface area contributed by atoms with Crippen molar-refractivity contribution in [3.63, 3.8) is 0 Å². The summed E-state index contributed by atoms with van der Waals surface area (Å²) in [6.45, 7) is 1.50. The monoisotopic (exact) mass is 436 g/mol. The molecular weight excluding hydrogens is 420 g/mol. The average molecular weight is 437 g/mol. The molecule has 2 fully saturated rings. The quantitative estimate of drug-likeness (QED) is 0.675. The molecular formula is C22H17BrN2O3. The molecule has 0 aliphatic carbocycles. The van der Waals surface area contributed by atoms with Gasteiger partial charge in [0.1, 0.15) is 0 Å². The lowest BCUT2D eigenvalue weighted by Gasteiger charge is -2.34. The van der Waals surface area contributed by atoms with Crippen LogP contribution in [0.1, 0.15) is 24.1 Å². The molecule has 3 aliphatic heterocycles. The minimum absolute atomic E-state index is 0.0969. The van der Waals surface area contributed by atoms with Gasteiger partial charge in [-0.15, -0.1) is 0 Å². The van der Waals surface area contributed by atoms with Crippen LogP contribution in [0.2, 0.25) is 0 Å². The van der Waals surface area contributed by atoms with Gasteiger partial charge in [0.25, 0.3) is 0 Å². The van der Waals surface area contributed by atoms with E-state index >= 15 is 0 Å². The third-order valence-electron chi connectivity index (χ3n) is 5.96. The smallest absolute Gasteiger partial charge is 0.240 e. The highest BCUT2D eigenvalue weighted by atomic mass is 79.9. The molecule has 2 aromatic rings. The summed E-state index contributed by atoms with van der Waals surface area (Å²) in [4.78, 5) is 42.5. The SMILES string of the molecule is CC(=O)C1C2C(=O)N(c3ccc(Br)cc3)C(=O)C2C2c3ccccc3C=CN12. The van der Waals surface area contributed by atoms with Gasteiger partial charge < -0.3 is 4.90 Å². The van der Waals surface area contributed by atoms with Gasteiger partial charge in [0.15, 0.2) is 5.78 Å². The van der Waals surface area contributed by atoms with Gasteiger partial charge in [0.05, 0.1) is 29.6 Å². The first-order chi connectivity index (χ1) is 13.5. The van der Waals surface area contributed by atoms with E-state index in [2.05, 4.69) is 15.9 Å². The lowest BCUT2D eigenvalue weighted by Crippen LogP contribution is -2.43. The standard InChI is InChI=1S/C22H17BrN2O3/c1-12(26)19-17-18(20-16-5-3-2-4-13(16)10-11-24(19)20)22(28)25(21(17)27)15-8-6-14(23)7-9-15/h2-11,17-20H,1H3. The van der Waals surface area contributed by atoms with E-state index in [1.165, 1.54) is 11.8 Å². The number of ketones is 1. The number of carbonyl (C=O) groups excluding carboxylic acids is 3. The van der Waals surface area contributed by atoms with Crippen LogP contribution in [0, 0.1) is 11.8 Å². The Labute approximate surface area is 170 Å². The third-order valence-corrected chi connectivity index (χ3v) is 6.49. The summed E-state index contributed by atoms with van der Waals surface area (Å²) in [6, 6.07) is 14.0. The van der Waals surface area contributed by atoms with Crippen molar-refractivity contribution in [2.45, 2.75) is 19.0 Å². The fourth-order valence-corrected chi connectivity index (χ4v) is 5.13. The molecule has 0 saturated carbocycles. The van der Waals surface area contributed by atoms with Crippen molar-refractivity contribution in [2.24, 2.45) is 11.8 Å². The van der Waals surface area contributed by atoms with Crippen molar-refractivity contribution in [1.29, 1.82) is 0 Å². The molecule has 0 radical (unpaired) electrons. The van der Waals surface area contributed by atoms with E-state index in [-0.39, 0.29) is 23.6 Å². The number of nitrogens with zero attached hydrogens (tertiary/aromatic N) is 2. The Bertz CT molecular complexity index is 1050. The van der Waals surface area contributed by atoms with Crippen molar-refractivity contribution >= 4 is 45.3 Å². The molecule has 2 aromatic carbocycles. The van der Waals surface area contributed by atoms with Crippen molar-refractivity contribution in [3.8, 4) is 0 Å². The van der Waals surface area contributed by atoms with Gasteiger partial charge in [-0.25, -0.2) is 4.90 Å². The maximum absolute atomic E-state index is 13.4. The number of hydrogen-bond acceptors (Lipinski definition) is 4. The topological polar surface area (TPSA) is 57.7 Å². The highest BCUT2D eigenvalue weighted by molar-refractivity contribution is 9.10. The number of carbonyl (C=O) groups is 3. The molecule has 0 bridgehead atoms. The number of hydrogen-bond donors (Lipinski definition) is 0. The molecule has 6 heteroatoms. The summed E-state index contributed by atoms with van der Waals surface area (Å²) in [5.41, 5.74) is 2.55. The van der Waals surface area contributed by atoms with Crippen LogP contribution in [0.4, 0.5) is 5.69 Å². The lowest BCUT2D eigenvalue weighted by molar-refractivity contribution is -0.129. The predicted molar refractivity (Wildman–Crippen MR) is 108 cm³/mol. The molecule has 0 aromatic heterocycles. The lowest BCUT2D eigenvalue weighted by atomic mass is 9.84. The average Bonchev–Trinajstić information content (AvgIpc) is 3.16. The molecule has 4 atom stereocenters. The molecule has 5 rings (SSSR count). The molecule has 2 amide bonds. The Morgan fingerprint density at radius 3 is 2.36 bits per heavy atom. The summed E-state index contributed by atoms with van der Waals surface area (Å²) in [6.07, 6.45) is 3.81. The Kier molecular flexibility index (Phi) is 3.81. The second-order valence-corrected chi connectivity index (χ2v) is 8.35. The molecule has 28 heavy (non-hydrogen) atoms. The van der Waals surface area contributed by atoms with Crippen LogP contribution < -0.4 is 4.90 Å². The normalized spacial score (nSPS) is 27.6. The second-order valence-electron chi connectivity index (χ2n) is 7.43. The van der Waals surface area contributed by atoms with Gasteiger partial charge in [-0.1, -0.05) is 40.2 Å². The molecule has 5 nitrogen and oxygen atoms in total. The highest BCUT2D eigenvalue weighted by Crippen LogP contribution is 2.53. The maximum atomic E-state index is 13.4. The first-order valence-corrected chi connectivity index (χ1v) is 9.97. The van der Waals surface area contributed by atoms with Crippen LogP contribution in [-0.2, 0) is 14.4 Å². The molecule has 2 saturated heterocycles. The van der Waals surface area contributed by atoms with Crippen molar-refractivity contribution in [2.75, 3.05) is 4.90 Å². The number of imide groups is 1. The number of fused-ring (bicyclic) bond motifs is 5. The number of rotatable bonds is 2. The molecule has 0 N–H and O–H groups in total. The third kappa shape index (κ3) is 2.27. The predicted octanol–water partition coefficient (Wildman–Crippen LogP) is 3.55. The zero-order valence-electron chi connectivity index (χ0n) is 15.1. The molecule has 3 aliphatic rings. The fraction of sp³-hybridized carbons (Fsp3) is 0.227. The molecule has 140 valence electrons. The van der Waals surface area contributed by atoms with E-state index in [0.717, 1.165) is 15.6 Å². The van der Waals surface area contributed by atoms with Crippen LogP contribution in [0.25, 0.3) is 6.08 Å². The van der Waals surface area contributed by atoms with Crippen LogP contribution in [0.5, 0.6) is 0 Å². The maximum Gasteiger partial charge on any atom is 0.240 e. The van der Waals surface area contributed by atoms with E-state index in [1.54, 1.807) is 24.3 Å². The van der Waals surface area contributed by atoms with Gasteiger partial charge in [0, 0.05) is 10.7 Å². The zero-order chi connectivity index (χ0) is 19.6. The minimum atomic E-state index is -0.672. The molecule has 4 unspecified atom stereocenters. The number of Topliss-reactive ketones (excluding diaryl/α,β-unsaturated/α-hetero) is 1. The Morgan fingerprint density at radius 2 is 1.64 bits per heavy atom. The van der Waals surface area contributed by atoms with E-state index < -0.39 is 17.9 Å². The van der Waals surface area contributed by atoms with Crippen LogP contribution >= 0.6 is 15.9 Å². The summed E-state index contributed by atoms with van der Waals surface area (Å²) in [5, 5.41) is 0. The first kappa shape index (κ1) is 17.4. The van der Waals surface area contributed by atoms with Crippen LogP contribution in [0.3, 0.4) is 0 Å². The fourth-order valence-electron chi connectivity index (χ4n) is 4.87. The van der Waals surface area contributed by atoms with Gasteiger partial charge in [-0.3, -0.25) is 14.4 Å². The summed E-state index contributed by atoms with van der Waals surface area (Å²) in [5.74, 6) is -1.87. The molecule has 3 heterocycles. The van der Waals surface area contributed by atoms with E-state index in [0.29, 0.717) is 5.69 Å². The van der Waals surface area contributed by atoms with E-state index in [4.69, 9.17) is 0 Å². The minimum Gasteiger partial charge on any atom is -0.359 e. The Balaban J connectivity index is 1.65. The summed E-state index contributed by atoms with van der Waals surface area (Å²) < 4.78 is 0.870. The number of anilines is 1. The van der Waals surface area contributed by atoms with Crippen molar-refractivity contribution in [1.82, 2.24) is 4.90 Å². The van der Waals surface area contributed by atoms with Gasteiger partial charge in [-0.05, 0) is 48.4 Å². The van der Waals surface area contributed by atoms with Gasteiger partial charge in [-0.2, -0.15) is 0 Å². The highest BCUT2D eigenvalue weighted by Gasteiger charge is 2.63. The van der Waals surface area contributed by atoms with Crippen molar-refractivity contribution in [3.05, 3.63) is 70.3 Å². The summed E-state index contributed by atoms with van der Waals surface area (Å²) >= 11 is 3.38. The number of halogens is 1. The largest absolute Gasteiger partial charge is 0.359 e. The van der Waals surface area contributed by atoms with Crippen LogP contribution in [0.15, 0.2) is 59.2 Å². The van der Waals surface area contributed by atoms with E-state index in [1.807, 2.05) is 41.4 Å². The van der Waals surface area contributed by atoms with E-state index in [9.17, 15) is 14.4 Å². The van der Waals surface area contributed by atoms with Gasteiger partial charge >= 0.3 is 0 Å². The first-order valence-electron chi connectivity index (χ1n) is 9.17. The Morgan fingerprint density at radius 1 is 0.964 bits per heavy atom. The van der Waals surface area contributed by atoms with Gasteiger partial charge in [0.2, 0.25) is 11.8 Å². The van der Waals surface area contributed by atoms with Crippen molar-refractivity contribution < 1.29 is 14.4 Å². The molecule has 0 spiro atoms. The Hall–Kier alpha value is -2.73.